The van der Waals surface area contributed by atoms with Crippen molar-refractivity contribution in [3.8, 4) is 5.75 Å². The quantitative estimate of drug-likeness (QED) is 0.900. The molecule has 4 rings (SSSR count). The maximum atomic E-state index is 5.54. The van der Waals surface area contributed by atoms with Crippen molar-refractivity contribution in [2.45, 2.75) is 44.3 Å². The van der Waals surface area contributed by atoms with Crippen LogP contribution in [0.3, 0.4) is 0 Å². The first-order valence-electron chi connectivity index (χ1n) is 8.44. The lowest BCUT2D eigenvalue weighted by Gasteiger charge is -2.41. The van der Waals surface area contributed by atoms with Crippen molar-refractivity contribution in [2.75, 3.05) is 20.2 Å². The molecule has 2 aliphatic carbocycles. The largest absolute Gasteiger partial charge is 0.496 e. The summed E-state index contributed by atoms with van der Waals surface area (Å²) in [5, 5.41) is 3.82. The van der Waals surface area contributed by atoms with E-state index in [2.05, 4.69) is 34.5 Å². The number of benzene rings is 1. The maximum Gasteiger partial charge on any atom is 0.123 e. The van der Waals surface area contributed by atoms with Gasteiger partial charge in [0.2, 0.25) is 0 Å². The molecule has 21 heavy (non-hydrogen) atoms. The Hall–Kier alpha value is -1.06. The zero-order valence-electron chi connectivity index (χ0n) is 12.9. The number of ether oxygens (including phenoxy) is 1. The number of hydrogen-bond acceptors (Lipinski definition) is 3. The SMILES string of the molecule is COc1ccccc1CN1CC(C2CC2)NCC1C1CC1. The van der Waals surface area contributed by atoms with Gasteiger partial charge in [-0.1, -0.05) is 18.2 Å². The van der Waals surface area contributed by atoms with Crippen LogP contribution in [0.15, 0.2) is 24.3 Å². The highest BCUT2D eigenvalue weighted by Crippen LogP contribution is 2.40. The Morgan fingerprint density at radius 2 is 1.90 bits per heavy atom. The second-order valence-electron chi connectivity index (χ2n) is 7.00. The van der Waals surface area contributed by atoms with Crippen molar-refractivity contribution in [3.63, 3.8) is 0 Å². The van der Waals surface area contributed by atoms with Crippen molar-refractivity contribution in [3.05, 3.63) is 29.8 Å². The van der Waals surface area contributed by atoms with Gasteiger partial charge in [0.15, 0.2) is 0 Å². The highest BCUT2D eigenvalue weighted by atomic mass is 16.5. The smallest absolute Gasteiger partial charge is 0.123 e. The Balaban J connectivity index is 1.51. The topological polar surface area (TPSA) is 24.5 Å². The molecular weight excluding hydrogens is 260 g/mol. The van der Waals surface area contributed by atoms with Gasteiger partial charge in [0, 0.05) is 37.3 Å². The van der Waals surface area contributed by atoms with Gasteiger partial charge in [-0.05, 0) is 43.6 Å². The van der Waals surface area contributed by atoms with Gasteiger partial charge in [-0.3, -0.25) is 4.90 Å². The molecule has 1 aliphatic heterocycles. The predicted octanol–water partition coefficient (Wildman–Crippen LogP) is 2.66. The van der Waals surface area contributed by atoms with E-state index in [-0.39, 0.29) is 0 Å². The van der Waals surface area contributed by atoms with Crippen molar-refractivity contribution < 1.29 is 4.74 Å². The van der Waals surface area contributed by atoms with Crippen LogP contribution < -0.4 is 10.1 Å². The Morgan fingerprint density at radius 1 is 1.14 bits per heavy atom. The molecule has 2 unspecified atom stereocenters. The van der Waals surface area contributed by atoms with Gasteiger partial charge < -0.3 is 10.1 Å². The van der Waals surface area contributed by atoms with E-state index >= 15 is 0 Å². The zero-order valence-corrected chi connectivity index (χ0v) is 12.9. The van der Waals surface area contributed by atoms with E-state index in [9.17, 15) is 0 Å². The second kappa shape index (κ2) is 5.62. The van der Waals surface area contributed by atoms with E-state index in [4.69, 9.17) is 4.74 Å². The third-order valence-corrected chi connectivity index (χ3v) is 5.41. The summed E-state index contributed by atoms with van der Waals surface area (Å²) < 4.78 is 5.54. The monoisotopic (exact) mass is 286 g/mol. The lowest BCUT2D eigenvalue weighted by Crippen LogP contribution is -2.57. The minimum absolute atomic E-state index is 0.717. The van der Waals surface area contributed by atoms with Crippen molar-refractivity contribution >= 4 is 0 Å². The molecule has 1 heterocycles. The molecule has 1 saturated heterocycles. The number of para-hydroxylation sites is 1. The minimum atomic E-state index is 0.717. The molecule has 1 aromatic carbocycles. The molecule has 0 amide bonds. The zero-order chi connectivity index (χ0) is 14.2. The first-order valence-corrected chi connectivity index (χ1v) is 8.44. The van der Waals surface area contributed by atoms with Crippen LogP contribution >= 0.6 is 0 Å². The first-order chi connectivity index (χ1) is 10.3. The van der Waals surface area contributed by atoms with Crippen molar-refractivity contribution in [1.82, 2.24) is 10.2 Å². The van der Waals surface area contributed by atoms with E-state index in [0.717, 1.165) is 36.2 Å². The number of nitrogens with zero attached hydrogens (tertiary/aromatic N) is 1. The summed E-state index contributed by atoms with van der Waals surface area (Å²) in [6.07, 6.45) is 5.69. The predicted molar refractivity (Wildman–Crippen MR) is 84.4 cm³/mol. The Morgan fingerprint density at radius 3 is 2.62 bits per heavy atom. The summed E-state index contributed by atoms with van der Waals surface area (Å²) in [7, 11) is 1.78. The van der Waals surface area contributed by atoms with E-state index in [0.29, 0.717) is 0 Å². The summed E-state index contributed by atoms with van der Waals surface area (Å²) in [4.78, 5) is 2.73. The standard InChI is InChI=1S/C18H26N2O/c1-21-18-5-3-2-4-15(18)11-20-12-16(13-6-7-13)19-10-17(20)14-8-9-14/h2-5,13-14,16-17,19H,6-12H2,1H3. The molecule has 2 saturated carbocycles. The lowest BCUT2D eigenvalue weighted by molar-refractivity contribution is 0.0995. The number of piperazine rings is 1. The highest BCUT2D eigenvalue weighted by molar-refractivity contribution is 5.33. The van der Waals surface area contributed by atoms with Gasteiger partial charge >= 0.3 is 0 Å². The van der Waals surface area contributed by atoms with Gasteiger partial charge in [0.05, 0.1) is 7.11 Å². The van der Waals surface area contributed by atoms with Crippen molar-refractivity contribution in [1.29, 1.82) is 0 Å². The van der Waals surface area contributed by atoms with Crippen LogP contribution in [0.2, 0.25) is 0 Å². The minimum Gasteiger partial charge on any atom is -0.496 e. The van der Waals surface area contributed by atoms with Gasteiger partial charge in [-0.25, -0.2) is 0 Å². The van der Waals surface area contributed by atoms with E-state index < -0.39 is 0 Å². The van der Waals surface area contributed by atoms with Crippen LogP contribution in [0, 0.1) is 11.8 Å². The molecule has 3 heteroatoms. The average Bonchev–Trinajstić information content (AvgIpc) is 3.40. The van der Waals surface area contributed by atoms with Gasteiger partial charge in [0.1, 0.15) is 5.75 Å². The highest BCUT2D eigenvalue weighted by Gasteiger charge is 2.42. The Bertz CT molecular complexity index is 496. The fraction of sp³-hybridized carbons (Fsp3) is 0.667. The second-order valence-corrected chi connectivity index (χ2v) is 7.00. The number of nitrogens with one attached hydrogen (secondary N) is 1. The average molecular weight is 286 g/mol. The summed E-state index contributed by atoms with van der Waals surface area (Å²) in [5.74, 6) is 2.89. The van der Waals surface area contributed by atoms with Gasteiger partial charge in [0.25, 0.3) is 0 Å². The number of rotatable bonds is 5. The molecule has 1 N–H and O–H groups in total. The molecule has 114 valence electrons. The number of hydrogen-bond donors (Lipinski definition) is 1. The molecular formula is C18H26N2O. The molecule has 2 atom stereocenters. The normalized spacial score (nSPS) is 30.3. The van der Waals surface area contributed by atoms with E-state index in [1.807, 2.05) is 0 Å². The third-order valence-electron chi connectivity index (χ3n) is 5.41. The van der Waals surface area contributed by atoms with E-state index in [1.165, 1.54) is 44.3 Å². The lowest BCUT2D eigenvalue weighted by atomic mass is 10.0. The van der Waals surface area contributed by atoms with E-state index in [1.54, 1.807) is 7.11 Å². The summed E-state index contributed by atoms with van der Waals surface area (Å²) in [5.41, 5.74) is 1.34. The molecule has 3 nitrogen and oxygen atoms in total. The summed E-state index contributed by atoms with van der Waals surface area (Å²) in [6.45, 7) is 3.43. The van der Waals surface area contributed by atoms with Crippen LogP contribution in [0.1, 0.15) is 31.2 Å². The van der Waals surface area contributed by atoms with Crippen LogP contribution in [0.5, 0.6) is 5.75 Å². The van der Waals surface area contributed by atoms with Crippen LogP contribution in [-0.4, -0.2) is 37.2 Å². The molecule has 1 aromatic rings. The fourth-order valence-corrected chi connectivity index (χ4v) is 3.85. The fourth-order valence-electron chi connectivity index (χ4n) is 3.85. The van der Waals surface area contributed by atoms with Gasteiger partial charge in [-0.2, -0.15) is 0 Å². The summed E-state index contributed by atoms with van der Waals surface area (Å²) >= 11 is 0. The van der Waals surface area contributed by atoms with Crippen LogP contribution in [0.25, 0.3) is 0 Å². The van der Waals surface area contributed by atoms with Crippen LogP contribution in [-0.2, 0) is 6.54 Å². The third kappa shape index (κ3) is 2.95. The Kier molecular flexibility index (Phi) is 3.64. The van der Waals surface area contributed by atoms with Gasteiger partial charge in [-0.15, -0.1) is 0 Å². The molecule has 0 aromatic heterocycles. The van der Waals surface area contributed by atoms with Crippen LogP contribution in [0.4, 0.5) is 0 Å². The summed E-state index contributed by atoms with van der Waals surface area (Å²) in [6, 6.07) is 9.94. The molecule has 3 aliphatic rings. The first kappa shape index (κ1) is 13.6. The number of methoxy groups -OCH3 is 1. The molecule has 0 bridgehead atoms. The molecule has 0 radical (unpaired) electrons. The molecule has 0 spiro atoms. The van der Waals surface area contributed by atoms with Crippen molar-refractivity contribution in [2.24, 2.45) is 11.8 Å². The Labute approximate surface area is 127 Å². The molecule has 3 fully saturated rings. The maximum absolute atomic E-state index is 5.54.